The topological polar surface area (TPSA) is 38.9 Å². The fraction of sp³-hybridized carbons (Fsp3) is 0.300. The molecule has 1 heterocycles. The average Bonchev–Trinajstić information content (AvgIpc) is 2.09. The van der Waals surface area contributed by atoms with E-state index in [1.165, 1.54) is 5.56 Å². The van der Waals surface area contributed by atoms with Crippen molar-refractivity contribution in [3.63, 3.8) is 0 Å². The monoisotopic (exact) mass is 162 g/mol. The molecule has 0 fully saturated rings. The van der Waals surface area contributed by atoms with Gasteiger partial charge in [-0.1, -0.05) is 19.1 Å². The fourth-order valence-electron chi connectivity index (χ4n) is 1.20. The molecule has 0 aliphatic carbocycles. The Morgan fingerprint density at radius 3 is 2.92 bits per heavy atom. The Balaban J connectivity index is 3.19. The number of nitrogens with zero attached hydrogens (tertiary/aromatic N) is 1. The maximum absolute atomic E-state index is 5.72. The van der Waals surface area contributed by atoms with Crippen LogP contribution in [0, 0.1) is 0 Å². The molecule has 1 aromatic heterocycles. The molecule has 0 saturated heterocycles. The zero-order valence-electron chi connectivity index (χ0n) is 7.54. The Morgan fingerprint density at radius 1 is 1.58 bits per heavy atom. The van der Waals surface area contributed by atoms with Crippen LogP contribution in [0.1, 0.15) is 25.0 Å². The van der Waals surface area contributed by atoms with Crippen molar-refractivity contribution in [2.24, 2.45) is 0 Å². The zero-order chi connectivity index (χ0) is 8.97. The lowest BCUT2D eigenvalue weighted by atomic mass is 10.1. The first-order valence-corrected chi connectivity index (χ1v) is 4.15. The van der Waals surface area contributed by atoms with Crippen molar-refractivity contribution in [2.75, 3.05) is 5.73 Å². The number of hydrogen-bond donors (Lipinski definition) is 1. The Labute approximate surface area is 73.1 Å². The van der Waals surface area contributed by atoms with Crippen molar-refractivity contribution >= 4 is 11.9 Å². The smallest absolute Gasteiger partial charge is 0.130 e. The molecule has 1 rings (SSSR count). The highest BCUT2D eigenvalue weighted by Crippen LogP contribution is 2.16. The number of hydrogen-bond acceptors (Lipinski definition) is 2. The lowest BCUT2D eigenvalue weighted by Gasteiger charge is -2.04. The van der Waals surface area contributed by atoms with E-state index in [0.29, 0.717) is 5.82 Å². The van der Waals surface area contributed by atoms with Crippen molar-refractivity contribution in [2.45, 2.75) is 20.3 Å². The second kappa shape index (κ2) is 3.90. The van der Waals surface area contributed by atoms with Crippen molar-refractivity contribution in [1.29, 1.82) is 0 Å². The van der Waals surface area contributed by atoms with Gasteiger partial charge in [-0.3, -0.25) is 0 Å². The van der Waals surface area contributed by atoms with E-state index in [4.69, 9.17) is 5.73 Å². The standard InChI is InChI=1S/C10H14N2/c1-3-5-9-8(4-2)6-7-12-10(9)11/h3,5-7H,4H2,1-2H3,(H2,11,12)/b5-3-. The van der Waals surface area contributed by atoms with Crippen LogP contribution in [0.25, 0.3) is 6.08 Å². The minimum absolute atomic E-state index is 0.618. The Kier molecular flexibility index (Phi) is 2.86. The van der Waals surface area contributed by atoms with Gasteiger partial charge < -0.3 is 5.73 Å². The van der Waals surface area contributed by atoms with Gasteiger partial charge in [0.1, 0.15) is 5.82 Å². The summed E-state index contributed by atoms with van der Waals surface area (Å²) in [4.78, 5) is 4.03. The largest absolute Gasteiger partial charge is 0.383 e. The molecule has 0 atom stereocenters. The first-order valence-electron chi connectivity index (χ1n) is 4.15. The van der Waals surface area contributed by atoms with E-state index >= 15 is 0 Å². The predicted molar refractivity (Wildman–Crippen MR) is 52.7 cm³/mol. The minimum Gasteiger partial charge on any atom is -0.383 e. The average molecular weight is 162 g/mol. The Hall–Kier alpha value is -1.31. The summed E-state index contributed by atoms with van der Waals surface area (Å²) in [7, 11) is 0. The molecule has 0 aliphatic heterocycles. The SMILES string of the molecule is C/C=C\c1c(CC)ccnc1N. The molecule has 0 saturated carbocycles. The quantitative estimate of drug-likeness (QED) is 0.724. The normalized spacial score (nSPS) is 10.8. The number of aromatic nitrogens is 1. The van der Waals surface area contributed by atoms with Crippen LogP contribution in [0.3, 0.4) is 0 Å². The van der Waals surface area contributed by atoms with Gasteiger partial charge in [-0.2, -0.15) is 0 Å². The van der Waals surface area contributed by atoms with Crippen LogP contribution in [0.4, 0.5) is 5.82 Å². The minimum atomic E-state index is 0.618. The molecule has 2 N–H and O–H groups in total. The summed E-state index contributed by atoms with van der Waals surface area (Å²) >= 11 is 0. The molecule has 1 aromatic rings. The van der Waals surface area contributed by atoms with Crippen LogP contribution in [-0.2, 0) is 6.42 Å². The molecule has 0 amide bonds. The van der Waals surface area contributed by atoms with Crippen molar-refractivity contribution in [3.05, 3.63) is 29.5 Å². The number of rotatable bonds is 2. The highest BCUT2D eigenvalue weighted by molar-refractivity contribution is 5.64. The molecule has 0 unspecified atom stereocenters. The van der Waals surface area contributed by atoms with E-state index in [1.807, 2.05) is 25.1 Å². The second-order valence-corrected chi connectivity index (χ2v) is 2.62. The van der Waals surface area contributed by atoms with Crippen LogP contribution < -0.4 is 5.73 Å². The molecule has 2 nitrogen and oxygen atoms in total. The molecule has 0 spiro atoms. The van der Waals surface area contributed by atoms with Gasteiger partial charge in [0.2, 0.25) is 0 Å². The Bertz CT molecular complexity index is 290. The van der Waals surface area contributed by atoms with Crippen LogP contribution in [-0.4, -0.2) is 4.98 Å². The highest BCUT2D eigenvalue weighted by Gasteiger charge is 2.00. The first-order chi connectivity index (χ1) is 5.79. The van der Waals surface area contributed by atoms with E-state index in [9.17, 15) is 0 Å². The molecule has 0 bridgehead atoms. The molecular weight excluding hydrogens is 148 g/mol. The van der Waals surface area contributed by atoms with Gasteiger partial charge in [-0.25, -0.2) is 4.98 Å². The van der Waals surface area contributed by atoms with Crippen LogP contribution in [0.2, 0.25) is 0 Å². The fourth-order valence-corrected chi connectivity index (χ4v) is 1.20. The Morgan fingerprint density at radius 2 is 2.33 bits per heavy atom. The van der Waals surface area contributed by atoms with Gasteiger partial charge in [0.15, 0.2) is 0 Å². The van der Waals surface area contributed by atoms with Crippen LogP contribution >= 0.6 is 0 Å². The third kappa shape index (κ3) is 1.64. The molecule has 2 heteroatoms. The lowest BCUT2D eigenvalue weighted by molar-refractivity contribution is 1.11. The van der Waals surface area contributed by atoms with Gasteiger partial charge in [0.05, 0.1) is 0 Å². The molecule has 64 valence electrons. The highest BCUT2D eigenvalue weighted by atomic mass is 14.8. The molecular formula is C10H14N2. The molecule has 0 radical (unpaired) electrons. The summed E-state index contributed by atoms with van der Waals surface area (Å²) in [5.41, 5.74) is 8.03. The second-order valence-electron chi connectivity index (χ2n) is 2.62. The van der Waals surface area contributed by atoms with Crippen molar-refractivity contribution in [1.82, 2.24) is 4.98 Å². The van der Waals surface area contributed by atoms with Gasteiger partial charge in [-0.05, 0) is 25.0 Å². The van der Waals surface area contributed by atoms with E-state index in [1.54, 1.807) is 6.20 Å². The number of allylic oxidation sites excluding steroid dienone is 1. The van der Waals surface area contributed by atoms with Gasteiger partial charge in [-0.15, -0.1) is 0 Å². The lowest BCUT2D eigenvalue weighted by Crippen LogP contribution is -1.97. The third-order valence-corrected chi connectivity index (χ3v) is 1.83. The molecule has 12 heavy (non-hydrogen) atoms. The summed E-state index contributed by atoms with van der Waals surface area (Å²) in [5.74, 6) is 0.618. The van der Waals surface area contributed by atoms with Gasteiger partial charge in [0.25, 0.3) is 0 Å². The van der Waals surface area contributed by atoms with Crippen LogP contribution in [0.5, 0.6) is 0 Å². The summed E-state index contributed by atoms with van der Waals surface area (Å²) in [5, 5.41) is 0. The summed E-state index contributed by atoms with van der Waals surface area (Å²) < 4.78 is 0. The van der Waals surface area contributed by atoms with E-state index in [-0.39, 0.29) is 0 Å². The van der Waals surface area contributed by atoms with Gasteiger partial charge >= 0.3 is 0 Å². The first kappa shape index (κ1) is 8.78. The zero-order valence-corrected chi connectivity index (χ0v) is 7.54. The van der Waals surface area contributed by atoms with E-state index < -0.39 is 0 Å². The predicted octanol–water partition coefficient (Wildman–Crippen LogP) is 2.26. The molecule has 0 aliphatic rings. The summed E-state index contributed by atoms with van der Waals surface area (Å²) in [6.45, 7) is 4.09. The number of nitrogens with two attached hydrogens (primary N) is 1. The van der Waals surface area contributed by atoms with Crippen molar-refractivity contribution in [3.8, 4) is 0 Å². The maximum Gasteiger partial charge on any atom is 0.130 e. The van der Waals surface area contributed by atoms with E-state index in [2.05, 4.69) is 11.9 Å². The number of aryl methyl sites for hydroxylation is 1. The maximum atomic E-state index is 5.72. The number of nitrogen functional groups attached to an aromatic ring is 1. The van der Waals surface area contributed by atoms with E-state index in [0.717, 1.165) is 12.0 Å². The van der Waals surface area contributed by atoms with Crippen molar-refractivity contribution < 1.29 is 0 Å². The summed E-state index contributed by atoms with van der Waals surface area (Å²) in [6.07, 6.45) is 6.72. The third-order valence-electron chi connectivity index (χ3n) is 1.83. The molecule has 0 aromatic carbocycles. The van der Waals surface area contributed by atoms with Crippen LogP contribution in [0.15, 0.2) is 18.3 Å². The number of pyridine rings is 1. The number of anilines is 1. The summed E-state index contributed by atoms with van der Waals surface area (Å²) in [6, 6.07) is 2.01. The van der Waals surface area contributed by atoms with Gasteiger partial charge in [0, 0.05) is 11.8 Å².